The van der Waals surface area contributed by atoms with Gasteiger partial charge in [0.25, 0.3) is 5.70 Å². The van der Waals surface area contributed by atoms with Crippen molar-refractivity contribution in [3.05, 3.63) is 106 Å². The second kappa shape index (κ2) is 14.1. The Morgan fingerprint density at radius 2 is 1.94 bits per heavy atom. The molecule has 0 saturated carbocycles. The van der Waals surface area contributed by atoms with E-state index in [0.29, 0.717) is 17.6 Å². The Bertz CT molecular complexity index is 1090. The van der Waals surface area contributed by atoms with E-state index in [1.54, 1.807) is 42.8 Å². The Morgan fingerprint density at radius 1 is 1.23 bits per heavy atom. The number of hydrogen-bond donors (Lipinski definition) is 0. The van der Waals surface area contributed by atoms with E-state index in [0.717, 1.165) is 16.7 Å². The summed E-state index contributed by atoms with van der Waals surface area (Å²) in [5, 5.41) is 11.1. The van der Waals surface area contributed by atoms with Crippen molar-refractivity contribution in [3.63, 3.8) is 0 Å². The van der Waals surface area contributed by atoms with E-state index in [1.165, 1.54) is 26.3 Å². The molecule has 1 rings (SSSR count). The van der Waals surface area contributed by atoms with Gasteiger partial charge in [-0.25, -0.2) is 9.97 Å². The minimum absolute atomic E-state index is 0.0380. The summed E-state index contributed by atoms with van der Waals surface area (Å²) in [6.45, 7) is 10.3. The van der Waals surface area contributed by atoms with E-state index >= 15 is 0 Å². The van der Waals surface area contributed by atoms with Crippen LogP contribution in [0.15, 0.2) is 90.1 Å². The molecule has 0 amide bonds. The van der Waals surface area contributed by atoms with Crippen LogP contribution in [0.1, 0.15) is 25.8 Å². The zero-order valence-electron chi connectivity index (χ0n) is 17.3. The number of allylic oxidation sites excluding steroid dienone is 9. The molecule has 1 aromatic rings. The summed E-state index contributed by atoms with van der Waals surface area (Å²) < 4.78 is 0. The molecule has 0 radical (unpaired) electrons. The SMILES string of the molecule is C=C/C=C(\C=C/CC#CC(/C=C\C(=C)C#Cc1cncnc1)=C(/C)[N+](=O)[O-])SC(C)=O. The summed E-state index contributed by atoms with van der Waals surface area (Å²) >= 11 is 1.09. The summed E-state index contributed by atoms with van der Waals surface area (Å²) in [5.41, 5.74) is 1.27. The lowest BCUT2D eigenvalue weighted by atomic mass is 10.1. The molecule has 0 atom stereocenters. The van der Waals surface area contributed by atoms with Crippen LogP contribution in [0, 0.1) is 33.8 Å². The van der Waals surface area contributed by atoms with Crippen molar-refractivity contribution in [1.29, 1.82) is 0 Å². The van der Waals surface area contributed by atoms with E-state index in [9.17, 15) is 14.9 Å². The van der Waals surface area contributed by atoms with Crippen LogP contribution in [-0.2, 0) is 4.79 Å². The molecule has 6 nitrogen and oxygen atoms in total. The normalized spacial score (nSPS) is 11.7. The maximum absolute atomic E-state index is 11.2. The van der Waals surface area contributed by atoms with Gasteiger partial charge in [-0.1, -0.05) is 66.8 Å². The minimum atomic E-state index is -0.492. The maximum Gasteiger partial charge on any atom is 0.258 e. The lowest BCUT2D eigenvalue weighted by Crippen LogP contribution is -1.97. The van der Waals surface area contributed by atoms with Gasteiger partial charge in [-0.2, -0.15) is 0 Å². The molecule has 0 spiro atoms. The predicted octanol–water partition coefficient (Wildman–Crippen LogP) is 4.79. The highest BCUT2D eigenvalue weighted by Gasteiger charge is 2.07. The predicted molar refractivity (Wildman–Crippen MR) is 125 cm³/mol. The van der Waals surface area contributed by atoms with Crippen molar-refractivity contribution >= 4 is 16.9 Å². The molecule has 31 heavy (non-hydrogen) atoms. The van der Waals surface area contributed by atoms with Gasteiger partial charge in [0.2, 0.25) is 0 Å². The highest BCUT2D eigenvalue weighted by atomic mass is 32.2. The molecule has 7 heteroatoms. The number of carbonyl (C=O) groups is 1. The lowest BCUT2D eigenvalue weighted by Gasteiger charge is -1.95. The molecule has 0 bridgehead atoms. The van der Waals surface area contributed by atoms with Crippen LogP contribution in [0.3, 0.4) is 0 Å². The molecule has 0 unspecified atom stereocenters. The summed E-state index contributed by atoms with van der Waals surface area (Å²) in [4.78, 5) is 30.4. The van der Waals surface area contributed by atoms with Gasteiger partial charge in [0.15, 0.2) is 5.12 Å². The van der Waals surface area contributed by atoms with Crippen LogP contribution < -0.4 is 0 Å². The molecule has 156 valence electrons. The van der Waals surface area contributed by atoms with Crippen molar-refractivity contribution < 1.29 is 9.72 Å². The molecule has 0 fully saturated rings. The summed E-state index contributed by atoms with van der Waals surface area (Å²) in [5.74, 6) is 11.4. The van der Waals surface area contributed by atoms with Crippen molar-refractivity contribution in [3.8, 4) is 23.7 Å². The van der Waals surface area contributed by atoms with Crippen molar-refractivity contribution in [2.75, 3.05) is 0 Å². The first-order valence-electron chi connectivity index (χ1n) is 8.99. The van der Waals surface area contributed by atoms with Crippen LogP contribution >= 0.6 is 11.8 Å². The topological polar surface area (TPSA) is 86.0 Å². The third-order valence-corrected chi connectivity index (χ3v) is 4.11. The lowest BCUT2D eigenvalue weighted by molar-refractivity contribution is -0.425. The van der Waals surface area contributed by atoms with Gasteiger partial charge in [-0.3, -0.25) is 14.9 Å². The first-order valence-corrected chi connectivity index (χ1v) is 9.81. The molecule has 1 aromatic heterocycles. The summed E-state index contributed by atoms with van der Waals surface area (Å²) in [6.07, 6.45) is 14.8. The summed E-state index contributed by atoms with van der Waals surface area (Å²) in [7, 11) is 0. The van der Waals surface area contributed by atoms with E-state index < -0.39 is 4.92 Å². The molecule has 0 N–H and O–H groups in total. The molecule has 1 heterocycles. The molecule has 0 aliphatic carbocycles. The fourth-order valence-corrected chi connectivity index (χ4v) is 2.54. The standard InChI is InChI=1S/C24H21N3O3S/c1-5-9-24(31-21(4)28)11-8-6-7-10-23(20(3)27(29)30)15-13-19(2)12-14-22-16-25-18-26-17-22/h5,8-9,11,13,15-18H,1-2,6H2,3-4H3/b11-8-,15-13-,23-20+,24-9+. The molecular weight excluding hydrogens is 410 g/mol. The highest BCUT2D eigenvalue weighted by Crippen LogP contribution is 2.18. The molecule has 0 saturated heterocycles. The first kappa shape index (κ1) is 25.1. The number of nitrogens with zero attached hydrogens (tertiary/aromatic N) is 3. The minimum Gasteiger partial charge on any atom is -0.287 e. The molecule has 0 aromatic carbocycles. The van der Waals surface area contributed by atoms with Gasteiger partial charge in [0, 0.05) is 43.1 Å². The third kappa shape index (κ3) is 11.0. The van der Waals surface area contributed by atoms with Crippen molar-refractivity contribution in [1.82, 2.24) is 9.97 Å². The van der Waals surface area contributed by atoms with Crippen molar-refractivity contribution in [2.45, 2.75) is 20.3 Å². The average molecular weight is 432 g/mol. The van der Waals surface area contributed by atoms with Crippen LogP contribution in [0.2, 0.25) is 0 Å². The van der Waals surface area contributed by atoms with Gasteiger partial charge in [0.1, 0.15) is 6.33 Å². The van der Waals surface area contributed by atoms with Gasteiger partial charge in [-0.05, 0) is 18.2 Å². The van der Waals surface area contributed by atoms with Crippen LogP contribution in [0.5, 0.6) is 0 Å². The second-order valence-corrected chi connectivity index (χ2v) is 7.05. The second-order valence-electron chi connectivity index (χ2n) is 5.80. The van der Waals surface area contributed by atoms with Gasteiger partial charge < -0.3 is 0 Å². The Hall–Kier alpha value is -3.94. The Labute approximate surface area is 186 Å². The molecular formula is C24H21N3O3S. The van der Waals surface area contributed by atoms with Crippen molar-refractivity contribution in [2.24, 2.45) is 0 Å². The zero-order chi connectivity index (χ0) is 23.1. The number of rotatable bonds is 7. The Balaban J connectivity index is 2.92. The molecule has 0 aliphatic rings. The average Bonchev–Trinajstić information content (AvgIpc) is 2.74. The monoisotopic (exact) mass is 431 g/mol. The third-order valence-electron chi connectivity index (χ3n) is 3.31. The first-order chi connectivity index (χ1) is 14.8. The quantitative estimate of drug-likeness (QED) is 0.267. The largest absolute Gasteiger partial charge is 0.287 e. The van der Waals surface area contributed by atoms with E-state index in [-0.39, 0.29) is 16.4 Å². The number of hydrogen-bond acceptors (Lipinski definition) is 6. The van der Waals surface area contributed by atoms with Crippen LogP contribution in [-0.4, -0.2) is 20.0 Å². The van der Waals surface area contributed by atoms with Gasteiger partial charge in [-0.15, -0.1) is 0 Å². The molecule has 0 aliphatic heterocycles. The maximum atomic E-state index is 11.2. The smallest absolute Gasteiger partial charge is 0.258 e. The fraction of sp³-hybridized carbons (Fsp3) is 0.125. The van der Waals surface area contributed by atoms with E-state index in [2.05, 4.69) is 46.8 Å². The van der Waals surface area contributed by atoms with Gasteiger partial charge >= 0.3 is 0 Å². The van der Waals surface area contributed by atoms with Gasteiger partial charge in [0.05, 0.1) is 16.1 Å². The number of carbonyl (C=O) groups excluding carboxylic acids is 1. The van der Waals surface area contributed by atoms with E-state index in [1.807, 2.05) is 0 Å². The van der Waals surface area contributed by atoms with E-state index in [4.69, 9.17) is 0 Å². The summed E-state index contributed by atoms with van der Waals surface area (Å²) in [6, 6.07) is 0. The fourth-order valence-electron chi connectivity index (χ4n) is 1.88. The Kier molecular flexibility index (Phi) is 11.4. The number of nitro groups is 1. The Morgan fingerprint density at radius 3 is 2.55 bits per heavy atom. The number of thioether (sulfide) groups is 1. The van der Waals surface area contributed by atoms with Crippen LogP contribution in [0.4, 0.5) is 0 Å². The number of aromatic nitrogens is 2. The highest BCUT2D eigenvalue weighted by molar-refractivity contribution is 8.17. The van der Waals surface area contributed by atoms with Crippen LogP contribution in [0.25, 0.3) is 0 Å². The zero-order valence-corrected chi connectivity index (χ0v) is 18.1.